The number of fused-ring (bicyclic) bond motifs is 1. The van der Waals surface area contributed by atoms with Gasteiger partial charge in [0.25, 0.3) is 0 Å². The predicted octanol–water partition coefficient (Wildman–Crippen LogP) is 2.77. The summed E-state index contributed by atoms with van der Waals surface area (Å²) in [6.45, 7) is 0.174. The minimum Gasteiger partial charge on any atom is -0.351 e. The summed E-state index contributed by atoms with van der Waals surface area (Å²) in [6.07, 6.45) is 6.00. The number of hydrogen-bond donors (Lipinski definition) is 1. The topological polar surface area (TPSA) is 54.3 Å². The lowest BCUT2D eigenvalue weighted by atomic mass is 10.1. The number of anilines is 1. The third-order valence-electron chi connectivity index (χ3n) is 5.03. The van der Waals surface area contributed by atoms with Gasteiger partial charge >= 0.3 is 0 Å². The third kappa shape index (κ3) is 2.92. The van der Waals surface area contributed by atoms with Crippen LogP contribution in [-0.2, 0) is 16.1 Å². The summed E-state index contributed by atoms with van der Waals surface area (Å²) < 4.78 is 15.1. The van der Waals surface area contributed by atoms with Gasteiger partial charge in [-0.05, 0) is 49.2 Å². The fourth-order valence-electron chi connectivity index (χ4n) is 3.81. The second kappa shape index (κ2) is 6.35. The van der Waals surface area contributed by atoms with E-state index in [1.54, 1.807) is 16.7 Å². The van der Waals surface area contributed by atoms with Crippen molar-refractivity contribution in [3.05, 3.63) is 54.1 Å². The number of rotatable bonds is 3. The highest BCUT2D eigenvalue weighted by atomic mass is 19.1. The van der Waals surface area contributed by atoms with Crippen LogP contribution in [0.2, 0.25) is 0 Å². The molecule has 130 valence electrons. The zero-order chi connectivity index (χ0) is 17.4. The van der Waals surface area contributed by atoms with Gasteiger partial charge in [-0.25, -0.2) is 4.39 Å². The van der Waals surface area contributed by atoms with Crippen molar-refractivity contribution in [1.29, 1.82) is 0 Å². The maximum atomic E-state index is 13.3. The van der Waals surface area contributed by atoms with E-state index in [0.29, 0.717) is 5.69 Å². The van der Waals surface area contributed by atoms with E-state index < -0.39 is 6.04 Å². The van der Waals surface area contributed by atoms with Gasteiger partial charge in [-0.2, -0.15) is 0 Å². The Bertz CT molecular complexity index is 793. The molecule has 1 N–H and O–H groups in total. The number of carbonyl (C=O) groups excluding carboxylic acids is 2. The van der Waals surface area contributed by atoms with Crippen molar-refractivity contribution >= 4 is 17.5 Å². The molecule has 0 saturated heterocycles. The first-order valence-corrected chi connectivity index (χ1v) is 8.66. The van der Waals surface area contributed by atoms with E-state index in [1.807, 2.05) is 18.3 Å². The quantitative estimate of drug-likeness (QED) is 0.933. The molecule has 2 heterocycles. The molecule has 1 unspecified atom stereocenters. The van der Waals surface area contributed by atoms with Crippen LogP contribution in [0.1, 0.15) is 37.4 Å². The molecule has 1 aliphatic carbocycles. The maximum Gasteiger partial charge on any atom is 0.249 e. The minimum absolute atomic E-state index is 0.169. The van der Waals surface area contributed by atoms with Crippen LogP contribution in [0, 0.1) is 5.82 Å². The van der Waals surface area contributed by atoms with E-state index in [-0.39, 0.29) is 30.2 Å². The van der Waals surface area contributed by atoms with E-state index in [2.05, 4.69) is 5.32 Å². The smallest absolute Gasteiger partial charge is 0.249 e. The Hall–Kier alpha value is -2.63. The largest absolute Gasteiger partial charge is 0.351 e. The van der Waals surface area contributed by atoms with Gasteiger partial charge in [0.1, 0.15) is 12.4 Å². The molecular weight excluding hydrogens is 321 g/mol. The number of nitrogens with zero attached hydrogens (tertiary/aromatic N) is 2. The van der Waals surface area contributed by atoms with Crippen LogP contribution in [0.5, 0.6) is 0 Å². The van der Waals surface area contributed by atoms with Crippen molar-refractivity contribution in [2.75, 3.05) is 4.90 Å². The second-order valence-corrected chi connectivity index (χ2v) is 6.69. The van der Waals surface area contributed by atoms with E-state index in [4.69, 9.17) is 0 Å². The Morgan fingerprint density at radius 1 is 1.12 bits per heavy atom. The highest BCUT2D eigenvalue weighted by molar-refractivity contribution is 6.02. The van der Waals surface area contributed by atoms with Gasteiger partial charge in [0.05, 0.1) is 5.69 Å². The summed E-state index contributed by atoms with van der Waals surface area (Å²) in [4.78, 5) is 27.2. The molecule has 4 rings (SSSR count). The number of benzene rings is 1. The van der Waals surface area contributed by atoms with E-state index in [0.717, 1.165) is 31.4 Å². The molecule has 1 fully saturated rings. The Labute approximate surface area is 145 Å². The van der Waals surface area contributed by atoms with Gasteiger partial charge in [0, 0.05) is 17.9 Å². The molecular formula is C19H20FN3O2. The van der Waals surface area contributed by atoms with Crippen molar-refractivity contribution in [3.8, 4) is 0 Å². The van der Waals surface area contributed by atoms with Crippen molar-refractivity contribution in [1.82, 2.24) is 9.88 Å². The van der Waals surface area contributed by atoms with E-state index in [9.17, 15) is 14.0 Å². The predicted molar refractivity (Wildman–Crippen MR) is 91.5 cm³/mol. The van der Waals surface area contributed by atoms with Crippen molar-refractivity contribution in [3.63, 3.8) is 0 Å². The molecule has 1 atom stereocenters. The lowest BCUT2D eigenvalue weighted by Crippen LogP contribution is -2.50. The number of hydrogen-bond acceptors (Lipinski definition) is 2. The van der Waals surface area contributed by atoms with Crippen LogP contribution in [0.15, 0.2) is 42.6 Å². The molecule has 0 radical (unpaired) electrons. The van der Waals surface area contributed by atoms with Crippen LogP contribution >= 0.6 is 0 Å². The number of amides is 2. The SMILES string of the molecule is O=C(NC1CCCC1)C1c2cccn2CC(=O)N1c1ccc(F)cc1. The summed E-state index contributed by atoms with van der Waals surface area (Å²) >= 11 is 0. The third-order valence-corrected chi connectivity index (χ3v) is 5.03. The molecule has 1 aromatic carbocycles. The first-order valence-electron chi connectivity index (χ1n) is 8.66. The molecule has 1 aromatic heterocycles. The van der Waals surface area contributed by atoms with Crippen molar-refractivity contribution in [2.24, 2.45) is 0 Å². The minimum atomic E-state index is -0.734. The number of aromatic nitrogens is 1. The normalized spacial score (nSPS) is 20.6. The van der Waals surface area contributed by atoms with Crippen LogP contribution in [-0.4, -0.2) is 22.4 Å². The molecule has 2 amide bonds. The molecule has 6 heteroatoms. The number of halogens is 1. The van der Waals surface area contributed by atoms with Crippen LogP contribution in [0.3, 0.4) is 0 Å². The van der Waals surface area contributed by atoms with E-state index >= 15 is 0 Å². The molecule has 0 spiro atoms. The lowest BCUT2D eigenvalue weighted by Gasteiger charge is -2.36. The zero-order valence-corrected chi connectivity index (χ0v) is 13.8. The number of nitrogens with one attached hydrogen (secondary N) is 1. The standard InChI is InChI=1S/C19H20FN3O2/c20-13-7-9-15(10-8-13)23-17(24)12-22-11-3-6-16(22)18(23)19(25)21-14-4-1-2-5-14/h3,6-11,14,18H,1-2,4-5,12H2,(H,21,25). The first kappa shape index (κ1) is 15.9. The molecule has 0 bridgehead atoms. The molecule has 25 heavy (non-hydrogen) atoms. The fraction of sp³-hybridized carbons (Fsp3) is 0.368. The van der Waals surface area contributed by atoms with Crippen LogP contribution < -0.4 is 10.2 Å². The Balaban J connectivity index is 1.70. The van der Waals surface area contributed by atoms with Gasteiger partial charge < -0.3 is 9.88 Å². The molecule has 5 nitrogen and oxygen atoms in total. The monoisotopic (exact) mass is 341 g/mol. The Kier molecular flexibility index (Phi) is 4.03. The summed E-state index contributed by atoms with van der Waals surface area (Å²) in [5.41, 5.74) is 1.31. The van der Waals surface area contributed by atoms with Gasteiger partial charge in [0.2, 0.25) is 11.8 Å². The van der Waals surface area contributed by atoms with E-state index in [1.165, 1.54) is 17.0 Å². The summed E-state index contributed by atoms with van der Waals surface area (Å²) in [7, 11) is 0. The molecule has 2 aromatic rings. The highest BCUT2D eigenvalue weighted by Crippen LogP contribution is 2.32. The van der Waals surface area contributed by atoms with Crippen molar-refractivity contribution < 1.29 is 14.0 Å². The molecule has 1 aliphatic heterocycles. The van der Waals surface area contributed by atoms with Gasteiger partial charge in [-0.3, -0.25) is 14.5 Å². The Morgan fingerprint density at radius 3 is 2.56 bits per heavy atom. The van der Waals surface area contributed by atoms with Gasteiger partial charge in [-0.1, -0.05) is 12.8 Å². The molecule has 1 saturated carbocycles. The first-order chi connectivity index (χ1) is 12.1. The van der Waals surface area contributed by atoms with Gasteiger partial charge in [-0.15, -0.1) is 0 Å². The average Bonchev–Trinajstić information content (AvgIpc) is 3.26. The lowest BCUT2D eigenvalue weighted by molar-refractivity contribution is -0.128. The fourth-order valence-corrected chi connectivity index (χ4v) is 3.81. The van der Waals surface area contributed by atoms with Crippen LogP contribution in [0.25, 0.3) is 0 Å². The summed E-state index contributed by atoms with van der Waals surface area (Å²) in [5.74, 6) is -0.727. The maximum absolute atomic E-state index is 13.3. The average molecular weight is 341 g/mol. The highest BCUT2D eigenvalue weighted by Gasteiger charge is 2.39. The van der Waals surface area contributed by atoms with Crippen LogP contribution in [0.4, 0.5) is 10.1 Å². The number of carbonyl (C=O) groups is 2. The molecule has 2 aliphatic rings. The summed E-state index contributed by atoms with van der Waals surface area (Å²) in [5, 5.41) is 3.09. The van der Waals surface area contributed by atoms with Crippen molar-refractivity contribution in [2.45, 2.75) is 44.3 Å². The second-order valence-electron chi connectivity index (χ2n) is 6.69. The summed E-state index contributed by atoms with van der Waals surface area (Å²) in [6, 6.07) is 8.84. The Morgan fingerprint density at radius 2 is 1.84 bits per heavy atom. The van der Waals surface area contributed by atoms with Gasteiger partial charge in [0.15, 0.2) is 6.04 Å². The zero-order valence-electron chi connectivity index (χ0n) is 13.8.